The van der Waals surface area contributed by atoms with E-state index in [1.165, 1.54) is 30.5 Å². The first-order valence-electron chi connectivity index (χ1n) is 5.79. The number of benzene rings is 1. The number of halogens is 1. The van der Waals surface area contributed by atoms with Gasteiger partial charge in [-0.05, 0) is 49.1 Å². The largest absolute Gasteiger partial charge is 0.380 e. The summed E-state index contributed by atoms with van der Waals surface area (Å²) >= 11 is 3.51. The fourth-order valence-corrected chi connectivity index (χ4v) is 2.69. The normalized spacial score (nSPS) is 20.2. The van der Waals surface area contributed by atoms with Crippen molar-refractivity contribution >= 4 is 15.9 Å². The van der Waals surface area contributed by atoms with E-state index >= 15 is 0 Å². The summed E-state index contributed by atoms with van der Waals surface area (Å²) in [6.45, 7) is 1.86. The summed E-state index contributed by atoms with van der Waals surface area (Å²) in [5, 5.41) is 3.54. The van der Waals surface area contributed by atoms with Crippen LogP contribution in [-0.4, -0.2) is 19.7 Å². The third-order valence-electron chi connectivity index (χ3n) is 3.10. The van der Waals surface area contributed by atoms with Crippen LogP contribution in [0.25, 0.3) is 0 Å². The van der Waals surface area contributed by atoms with E-state index in [4.69, 9.17) is 4.74 Å². The molecule has 3 heteroatoms. The van der Waals surface area contributed by atoms with Gasteiger partial charge in [-0.25, -0.2) is 0 Å². The Balaban J connectivity index is 2.11. The molecule has 1 atom stereocenters. The molecule has 1 saturated heterocycles. The van der Waals surface area contributed by atoms with Crippen LogP contribution in [-0.2, 0) is 17.8 Å². The van der Waals surface area contributed by atoms with E-state index in [2.05, 4.69) is 39.4 Å². The van der Waals surface area contributed by atoms with Crippen LogP contribution in [0.3, 0.4) is 0 Å². The molecule has 0 aliphatic carbocycles. The fraction of sp³-hybridized carbons (Fsp3) is 0.538. The number of rotatable bonds is 4. The van der Waals surface area contributed by atoms with Gasteiger partial charge in [0.15, 0.2) is 0 Å². The number of hydrogen-bond acceptors (Lipinski definition) is 2. The molecule has 1 aliphatic rings. The van der Waals surface area contributed by atoms with E-state index in [-0.39, 0.29) is 0 Å². The summed E-state index contributed by atoms with van der Waals surface area (Å²) in [5.41, 5.74) is 2.70. The highest BCUT2D eigenvalue weighted by molar-refractivity contribution is 9.10. The zero-order valence-electron chi connectivity index (χ0n) is 9.63. The first kappa shape index (κ1) is 12.1. The number of nitrogens with one attached hydrogen (secondary N) is 1. The molecule has 88 valence electrons. The van der Waals surface area contributed by atoms with Gasteiger partial charge in [-0.15, -0.1) is 0 Å². The molecule has 1 fully saturated rings. The van der Waals surface area contributed by atoms with Crippen molar-refractivity contribution in [1.82, 2.24) is 5.32 Å². The lowest BCUT2D eigenvalue weighted by atomic mass is 10.00. The van der Waals surface area contributed by atoms with Crippen molar-refractivity contribution in [2.24, 2.45) is 0 Å². The van der Waals surface area contributed by atoms with Crippen LogP contribution >= 0.6 is 15.9 Å². The zero-order chi connectivity index (χ0) is 11.4. The van der Waals surface area contributed by atoms with Crippen LogP contribution < -0.4 is 5.32 Å². The van der Waals surface area contributed by atoms with Crippen molar-refractivity contribution in [1.29, 1.82) is 0 Å². The molecule has 0 aromatic heterocycles. The van der Waals surface area contributed by atoms with Crippen LogP contribution in [0, 0.1) is 0 Å². The lowest BCUT2D eigenvalue weighted by molar-refractivity contribution is 0.184. The Morgan fingerprint density at radius 3 is 3.00 bits per heavy atom. The molecule has 0 saturated carbocycles. The smallest absolute Gasteiger partial charge is 0.0716 e. The zero-order valence-corrected chi connectivity index (χ0v) is 11.2. The van der Waals surface area contributed by atoms with Gasteiger partial charge in [0.2, 0.25) is 0 Å². The molecule has 2 rings (SSSR count). The van der Waals surface area contributed by atoms with Gasteiger partial charge in [-0.1, -0.05) is 22.0 Å². The monoisotopic (exact) mass is 283 g/mol. The molecule has 0 amide bonds. The maximum absolute atomic E-state index is 5.25. The van der Waals surface area contributed by atoms with E-state index in [0.29, 0.717) is 12.6 Å². The van der Waals surface area contributed by atoms with E-state index < -0.39 is 0 Å². The van der Waals surface area contributed by atoms with E-state index in [1.807, 2.05) is 0 Å². The van der Waals surface area contributed by atoms with Crippen molar-refractivity contribution in [3.63, 3.8) is 0 Å². The molecule has 0 bridgehead atoms. The SMILES string of the molecule is COCc1cc(Br)ccc1CC1CCCN1. The van der Waals surface area contributed by atoms with Gasteiger partial charge in [0.25, 0.3) is 0 Å². The molecule has 1 aromatic carbocycles. The Kier molecular flexibility index (Phi) is 4.38. The lowest BCUT2D eigenvalue weighted by Gasteiger charge is -2.14. The Morgan fingerprint density at radius 1 is 1.44 bits per heavy atom. The fourth-order valence-electron chi connectivity index (χ4n) is 2.28. The van der Waals surface area contributed by atoms with Gasteiger partial charge < -0.3 is 10.1 Å². The summed E-state index contributed by atoms with van der Waals surface area (Å²) in [4.78, 5) is 0. The average Bonchev–Trinajstić information content (AvgIpc) is 2.75. The summed E-state index contributed by atoms with van der Waals surface area (Å²) < 4.78 is 6.37. The third-order valence-corrected chi connectivity index (χ3v) is 3.59. The van der Waals surface area contributed by atoms with Crippen LogP contribution in [0.2, 0.25) is 0 Å². The minimum atomic E-state index is 0.650. The van der Waals surface area contributed by atoms with Crippen molar-refractivity contribution in [3.8, 4) is 0 Å². The van der Waals surface area contributed by atoms with Gasteiger partial charge >= 0.3 is 0 Å². The Labute approximate surface area is 106 Å². The molecular weight excluding hydrogens is 266 g/mol. The maximum atomic E-state index is 5.25. The molecule has 1 aromatic rings. The van der Waals surface area contributed by atoms with Gasteiger partial charge in [0.05, 0.1) is 6.61 Å². The molecule has 1 N–H and O–H groups in total. The van der Waals surface area contributed by atoms with Crippen LogP contribution in [0.15, 0.2) is 22.7 Å². The molecule has 1 aliphatic heterocycles. The quantitative estimate of drug-likeness (QED) is 0.918. The van der Waals surface area contributed by atoms with Crippen molar-refractivity contribution in [3.05, 3.63) is 33.8 Å². The first-order valence-corrected chi connectivity index (χ1v) is 6.58. The van der Waals surface area contributed by atoms with Crippen LogP contribution in [0.5, 0.6) is 0 Å². The number of hydrogen-bond donors (Lipinski definition) is 1. The van der Waals surface area contributed by atoms with E-state index in [0.717, 1.165) is 10.9 Å². The summed E-state index contributed by atoms with van der Waals surface area (Å²) in [6.07, 6.45) is 3.72. The molecule has 16 heavy (non-hydrogen) atoms. The molecule has 2 nitrogen and oxygen atoms in total. The predicted octanol–water partition coefficient (Wildman–Crippen LogP) is 2.89. The highest BCUT2D eigenvalue weighted by atomic mass is 79.9. The van der Waals surface area contributed by atoms with Gasteiger partial charge in [0.1, 0.15) is 0 Å². The Morgan fingerprint density at radius 2 is 2.31 bits per heavy atom. The van der Waals surface area contributed by atoms with Crippen molar-refractivity contribution < 1.29 is 4.74 Å². The molecule has 0 spiro atoms. The van der Waals surface area contributed by atoms with Crippen LogP contribution in [0.1, 0.15) is 24.0 Å². The summed E-state index contributed by atoms with van der Waals surface area (Å²) in [7, 11) is 1.75. The highest BCUT2D eigenvalue weighted by Gasteiger charge is 2.16. The Bertz CT molecular complexity index is 348. The number of methoxy groups -OCH3 is 1. The molecule has 0 radical (unpaired) electrons. The summed E-state index contributed by atoms with van der Waals surface area (Å²) in [5.74, 6) is 0. The van der Waals surface area contributed by atoms with Gasteiger partial charge in [-0.3, -0.25) is 0 Å². The second-order valence-corrected chi connectivity index (χ2v) is 5.26. The topological polar surface area (TPSA) is 21.3 Å². The van der Waals surface area contributed by atoms with Gasteiger partial charge in [-0.2, -0.15) is 0 Å². The number of ether oxygens (including phenoxy) is 1. The van der Waals surface area contributed by atoms with Crippen molar-refractivity contribution in [2.75, 3.05) is 13.7 Å². The minimum absolute atomic E-state index is 0.650. The van der Waals surface area contributed by atoms with E-state index in [1.54, 1.807) is 7.11 Å². The maximum Gasteiger partial charge on any atom is 0.0716 e. The summed E-state index contributed by atoms with van der Waals surface area (Å²) in [6, 6.07) is 7.13. The highest BCUT2D eigenvalue weighted by Crippen LogP contribution is 2.20. The molecular formula is C13H18BrNO. The standard InChI is InChI=1S/C13H18BrNO/c1-16-9-11-7-12(14)5-4-10(11)8-13-3-2-6-15-13/h4-5,7,13,15H,2-3,6,8-9H2,1H3. The third kappa shape index (κ3) is 3.06. The predicted molar refractivity (Wildman–Crippen MR) is 69.6 cm³/mol. The molecule has 1 unspecified atom stereocenters. The van der Waals surface area contributed by atoms with Gasteiger partial charge in [0, 0.05) is 17.6 Å². The molecule has 1 heterocycles. The second-order valence-electron chi connectivity index (χ2n) is 4.34. The second kappa shape index (κ2) is 5.80. The Hall–Kier alpha value is -0.380. The average molecular weight is 284 g/mol. The van der Waals surface area contributed by atoms with Crippen LogP contribution in [0.4, 0.5) is 0 Å². The lowest BCUT2D eigenvalue weighted by Crippen LogP contribution is -2.24. The van der Waals surface area contributed by atoms with E-state index in [9.17, 15) is 0 Å². The minimum Gasteiger partial charge on any atom is -0.380 e. The van der Waals surface area contributed by atoms with Crippen molar-refractivity contribution in [2.45, 2.75) is 31.9 Å². The first-order chi connectivity index (χ1) is 7.79.